The number of carbonyl (C=O) groups excluding carboxylic acids is 1. The first-order valence-electron chi connectivity index (χ1n) is 9.49. The quantitative estimate of drug-likeness (QED) is 0.765. The van der Waals surface area contributed by atoms with Crippen molar-refractivity contribution in [3.8, 4) is 11.8 Å². The predicted molar refractivity (Wildman–Crippen MR) is 107 cm³/mol. The molecule has 7 nitrogen and oxygen atoms in total. The van der Waals surface area contributed by atoms with Crippen LogP contribution in [-0.4, -0.2) is 48.6 Å². The Morgan fingerprint density at radius 2 is 1.93 bits per heavy atom. The van der Waals surface area contributed by atoms with Gasteiger partial charge in [0.05, 0.1) is 6.61 Å². The van der Waals surface area contributed by atoms with Crippen LogP contribution >= 0.6 is 0 Å². The van der Waals surface area contributed by atoms with Gasteiger partial charge in [-0.15, -0.1) is 0 Å². The fourth-order valence-corrected chi connectivity index (χ4v) is 3.08. The lowest BCUT2D eigenvalue weighted by molar-refractivity contribution is -0.131. The van der Waals surface area contributed by atoms with Crippen molar-refractivity contribution < 1.29 is 13.9 Å². The molecule has 3 rings (SSSR count). The number of nitrogens with zero attached hydrogens (tertiary/aromatic N) is 4. The van der Waals surface area contributed by atoms with Gasteiger partial charge in [0.2, 0.25) is 23.4 Å². The van der Waals surface area contributed by atoms with Crippen molar-refractivity contribution >= 4 is 23.9 Å². The van der Waals surface area contributed by atoms with E-state index in [1.807, 2.05) is 54.0 Å². The molecule has 0 saturated carbocycles. The van der Waals surface area contributed by atoms with Crippen LogP contribution in [0.1, 0.15) is 37.4 Å². The molecule has 1 aromatic heterocycles. The van der Waals surface area contributed by atoms with Gasteiger partial charge in [-0.1, -0.05) is 19.1 Å². The van der Waals surface area contributed by atoms with Crippen molar-refractivity contribution in [2.45, 2.75) is 20.3 Å². The van der Waals surface area contributed by atoms with E-state index in [-0.39, 0.29) is 11.6 Å². The molecule has 0 spiro atoms. The minimum Gasteiger partial charge on any atom is -0.494 e. The molecule has 1 amide bonds. The van der Waals surface area contributed by atoms with Gasteiger partial charge in [-0.3, -0.25) is 4.79 Å². The number of oxazole rings is 1. The highest BCUT2D eigenvalue weighted by Crippen LogP contribution is 2.24. The Morgan fingerprint density at radius 1 is 1.21 bits per heavy atom. The fourth-order valence-electron chi connectivity index (χ4n) is 3.08. The van der Waals surface area contributed by atoms with E-state index < -0.39 is 0 Å². The van der Waals surface area contributed by atoms with Crippen LogP contribution in [0.5, 0.6) is 5.75 Å². The number of carbonyl (C=O) groups is 1. The predicted octanol–water partition coefficient (Wildman–Crippen LogP) is 3.17. The first-order chi connectivity index (χ1) is 13.6. The average molecular weight is 380 g/mol. The van der Waals surface area contributed by atoms with E-state index in [1.54, 1.807) is 6.08 Å². The summed E-state index contributed by atoms with van der Waals surface area (Å²) in [5.41, 5.74) is 1.25. The standard InChI is InChI=1S/C21H24N4O3/c1-3-20(26)24-11-13-25(14-12-24)21-18(15-22)23-19(28-21)10-7-16-5-8-17(9-6-16)27-4-2/h5-10H,3-4,11-14H2,1-2H3/b10-7+. The minimum absolute atomic E-state index is 0.150. The van der Waals surface area contributed by atoms with Crippen molar-refractivity contribution in [3.05, 3.63) is 41.4 Å². The summed E-state index contributed by atoms with van der Waals surface area (Å²) in [5.74, 6) is 1.83. The lowest BCUT2D eigenvalue weighted by atomic mass is 10.2. The summed E-state index contributed by atoms with van der Waals surface area (Å²) in [5, 5.41) is 9.41. The lowest BCUT2D eigenvalue weighted by Gasteiger charge is -2.34. The van der Waals surface area contributed by atoms with Crippen LogP contribution in [0.3, 0.4) is 0 Å². The number of hydrogen-bond acceptors (Lipinski definition) is 6. The largest absolute Gasteiger partial charge is 0.494 e. The van der Waals surface area contributed by atoms with Gasteiger partial charge in [0.15, 0.2) is 0 Å². The molecule has 0 unspecified atom stereocenters. The molecule has 146 valence electrons. The summed E-state index contributed by atoms with van der Waals surface area (Å²) in [6.07, 6.45) is 4.13. The van der Waals surface area contributed by atoms with Crippen LogP contribution in [0.4, 0.5) is 5.88 Å². The van der Waals surface area contributed by atoms with Gasteiger partial charge in [0.1, 0.15) is 11.8 Å². The van der Waals surface area contributed by atoms with Crippen LogP contribution in [0.25, 0.3) is 12.2 Å². The van der Waals surface area contributed by atoms with Gasteiger partial charge in [0.25, 0.3) is 0 Å². The second-order valence-electron chi connectivity index (χ2n) is 6.37. The second-order valence-corrected chi connectivity index (χ2v) is 6.37. The molecule has 7 heteroatoms. The third-order valence-corrected chi connectivity index (χ3v) is 4.56. The Labute approximate surface area is 164 Å². The number of rotatable bonds is 6. The lowest BCUT2D eigenvalue weighted by Crippen LogP contribution is -2.48. The van der Waals surface area contributed by atoms with E-state index in [4.69, 9.17) is 9.15 Å². The zero-order chi connectivity index (χ0) is 19.9. The van der Waals surface area contributed by atoms with Gasteiger partial charge >= 0.3 is 0 Å². The molecule has 2 heterocycles. The van der Waals surface area contributed by atoms with Gasteiger partial charge in [0, 0.05) is 38.7 Å². The zero-order valence-electron chi connectivity index (χ0n) is 16.2. The first-order valence-corrected chi connectivity index (χ1v) is 9.49. The molecule has 1 aliphatic rings. The molecular weight excluding hydrogens is 356 g/mol. The third-order valence-electron chi connectivity index (χ3n) is 4.56. The van der Waals surface area contributed by atoms with E-state index in [1.165, 1.54) is 0 Å². The number of benzene rings is 1. The molecule has 0 aliphatic carbocycles. The molecule has 1 aliphatic heterocycles. The van der Waals surface area contributed by atoms with Crippen LogP contribution < -0.4 is 9.64 Å². The number of hydrogen-bond donors (Lipinski definition) is 0. The molecular formula is C21H24N4O3. The number of anilines is 1. The van der Waals surface area contributed by atoms with Gasteiger partial charge in [-0.05, 0) is 30.7 Å². The molecule has 2 aromatic rings. The SMILES string of the molecule is CCOc1ccc(/C=C/c2nc(C#N)c(N3CCN(C(=O)CC)CC3)o2)cc1. The van der Waals surface area contributed by atoms with E-state index in [0.717, 1.165) is 11.3 Å². The van der Waals surface area contributed by atoms with Crippen molar-refractivity contribution in [2.75, 3.05) is 37.7 Å². The molecule has 28 heavy (non-hydrogen) atoms. The first kappa shape index (κ1) is 19.5. The number of aromatic nitrogens is 1. The second kappa shape index (κ2) is 9.09. The highest BCUT2D eigenvalue weighted by molar-refractivity contribution is 5.76. The van der Waals surface area contributed by atoms with Crippen molar-refractivity contribution in [1.82, 2.24) is 9.88 Å². The molecule has 0 N–H and O–H groups in total. The molecule has 1 aromatic carbocycles. The monoisotopic (exact) mass is 380 g/mol. The Kier molecular flexibility index (Phi) is 6.33. The van der Waals surface area contributed by atoms with Crippen LogP contribution in [0, 0.1) is 11.3 Å². The summed E-state index contributed by atoms with van der Waals surface area (Å²) in [7, 11) is 0. The molecule has 0 radical (unpaired) electrons. The third kappa shape index (κ3) is 4.52. The van der Waals surface area contributed by atoms with Crippen molar-refractivity contribution in [1.29, 1.82) is 5.26 Å². The normalized spacial score (nSPS) is 14.3. The van der Waals surface area contributed by atoms with E-state index in [2.05, 4.69) is 11.1 Å². The van der Waals surface area contributed by atoms with Gasteiger partial charge < -0.3 is 19.0 Å². The van der Waals surface area contributed by atoms with E-state index >= 15 is 0 Å². The van der Waals surface area contributed by atoms with Gasteiger partial charge in [-0.2, -0.15) is 10.2 Å². The Balaban J connectivity index is 1.69. The summed E-state index contributed by atoms with van der Waals surface area (Å²) in [4.78, 5) is 19.9. The maximum atomic E-state index is 11.8. The number of piperazine rings is 1. The van der Waals surface area contributed by atoms with Crippen LogP contribution in [0.15, 0.2) is 28.7 Å². The summed E-state index contributed by atoms with van der Waals surface area (Å²) in [6.45, 7) is 6.93. The topological polar surface area (TPSA) is 82.6 Å². The Bertz CT molecular complexity index is 872. The van der Waals surface area contributed by atoms with E-state index in [9.17, 15) is 10.1 Å². The van der Waals surface area contributed by atoms with Crippen molar-refractivity contribution in [3.63, 3.8) is 0 Å². The smallest absolute Gasteiger partial charge is 0.235 e. The molecule has 1 fully saturated rings. The summed E-state index contributed by atoms with van der Waals surface area (Å²) >= 11 is 0. The highest BCUT2D eigenvalue weighted by atomic mass is 16.5. The fraction of sp³-hybridized carbons (Fsp3) is 0.381. The van der Waals surface area contributed by atoms with Crippen LogP contribution in [-0.2, 0) is 4.79 Å². The average Bonchev–Trinajstić information content (AvgIpc) is 3.16. The summed E-state index contributed by atoms with van der Waals surface area (Å²) < 4.78 is 11.3. The minimum atomic E-state index is 0.150. The molecule has 1 saturated heterocycles. The Hall–Kier alpha value is -3.27. The molecule has 0 bridgehead atoms. The zero-order valence-corrected chi connectivity index (χ0v) is 16.2. The number of amides is 1. The highest BCUT2D eigenvalue weighted by Gasteiger charge is 2.25. The molecule has 0 atom stereocenters. The number of ether oxygens (including phenoxy) is 1. The Morgan fingerprint density at radius 3 is 2.54 bits per heavy atom. The number of nitriles is 1. The summed E-state index contributed by atoms with van der Waals surface area (Å²) in [6, 6.07) is 9.80. The van der Waals surface area contributed by atoms with Gasteiger partial charge in [-0.25, -0.2) is 0 Å². The van der Waals surface area contributed by atoms with Crippen LogP contribution in [0.2, 0.25) is 0 Å². The van der Waals surface area contributed by atoms with E-state index in [0.29, 0.717) is 51.0 Å². The maximum Gasteiger partial charge on any atom is 0.235 e. The van der Waals surface area contributed by atoms with Crippen molar-refractivity contribution in [2.24, 2.45) is 0 Å². The maximum absolute atomic E-state index is 11.8.